The highest BCUT2D eigenvalue weighted by Gasteiger charge is 2.11. The van der Waals surface area contributed by atoms with E-state index in [9.17, 15) is 4.79 Å². The molecule has 0 saturated heterocycles. The highest BCUT2D eigenvalue weighted by atomic mass is 79.9. The summed E-state index contributed by atoms with van der Waals surface area (Å²) in [6.45, 7) is 2.43. The zero-order valence-electron chi connectivity index (χ0n) is 7.86. The first-order valence-electron chi connectivity index (χ1n) is 4.23. The summed E-state index contributed by atoms with van der Waals surface area (Å²) in [5.74, 6) is 0. The van der Waals surface area contributed by atoms with E-state index in [2.05, 4.69) is 26.1 Å². The van der Waals surface area contributed by atoms with Gasteiger partial charge in [0.1, 0.15) is 4.60 Å². The lowest BCUT2D eigenvalue weighted by atomic mass is 10.4. The summed E-state index contributed by atoms with van der Waals surface area (Å²) in [5, 5.41) is 8.89. The average Bonchev–Trinajstić information content (AvgIpc) is 2.46. The second kappa shape index (κ2) is 3.20. The molecule has 74 valence electrons. The molecule has 0 amide bonds. The van der Waals surface area contributed by atoms with Crippen molar-refractivity contribution in [1.29, 1.82) is 0 Å². The molecule has 2 aromatic heterocycles. The largest absolute Gasteiger partial charge is 0.295 e. The van der Waals surface area contributed by atoms with Crippen LogP contribution in [0.15, 0.2) is 15.6 Å². The Morgan fingerprint density at radius 2 is 2.29 bits per heavy atom. The van der Waals surface area contributed by atoms with Gasteiger partial charge in [-0.15, -0.1) is 0 Å². The van der Waals surface area contributed by atoms with Crippen LogP contribution in [-0.2, 0) is 13.6 Å². The Bertz CT molecular complexity index is 542. The zero-order valence-corrected chi connectivity index (χ0v) is 9.45. The summed E-state index contributed by atoms with van der Waals surface area (Å²) in [6, 6.07) is 0. The molecule has 14 heavy (non-hydrogen) atoms. The van der Waals surface area contributed by atoms with Crippen LogP contribution in [0.25, 0.3) is 10.9 Å². The Morgan fingerprint density at radius 1 is 1.57 bits per heavy atom. The van der Waals surface area contributed by atoms with Gasteiger partial charge in [0, 0.05) is 13.6 Å². The van der Waals surface area contributed by atoms with Gasteiger partial charge in [0.25, 0.3) is 5.56 Å². The van der Waals surface area contributed by atoms with Gasteiger partial charge in [-0.3, -0.25) is 9.48 Å². The quantitative estimate of drug-likeness (QED) is 0.763. The lowest BCUT2D eigenvalue weighted by Gasteiger charge is -1.97. The molecule has 2 heterocycles. The molecular formula is C8H9BrN4O. The number of halogens is 1. The van der Waals surface area contributed by atoms with Crippen LogP contribution < -0.4 is 5.56 Å². The summed E-state index contributed by atoms with van der Waals surface area (Å²) >= 11 is 3.34. The zero-order chi connectivity index (χ0) is 10.3. The topological polar surface area (TPSA) is 52.7 Å². The van der Waals surface area contributed by atoms with Gasteiger partial charge in [0.05, 0.1) is 11.6 Å². The lowest BCUT2D eigenvalue weighted by Crippen LogP contribution is -2.21. The highest BCUT2D eigenvalue weighted by molar-refractivity contribution is 9.10. The molecule has 0 aromatic carbocycles. The molecule has 0 aliphatic heterocycles. The van der Waals surface area contributed by atoms with E-state index in [-0.39, 0.29) is 5.56 Å². The van der Waals surface area contributed by atoms with Gasteiger partial charge in [-0.1, -0.05) is 0 Å². The van der Waals surface area contributed by atoms with E-state index in [0.717, 1.165) is 9.99 Å². The molecule has 2 rings (SSSR count). The molecule has 0 atom stereocenters. The molecule has 0 N–H and O–H groups in total. The third kappa shape index (κ3) is 1.18. The van der Waals surface area contributed by atoms with Crippen molar-refractivity contribution in [2.45, 2.75) is 13.5 Å². The number of hydrogen-bond acceptors (Lipinski definition) is 3. The van der Waals surface area contributed by atoms with Crippen LogP contribution in [-0.4, -0.2) is 19.6 Å². The maximum atomic E-state index is 11.7. The third-order valence-electron chi connectivity index (χ3n) is 2.07. The Labute approximate surface area is 88.5 Å². The monoisotopic (exact) mass is 256 g/mol. The van der Waals surface area contributed by atoms with Crippen LogP contribution in [0.5, 0.6) is 0 Å². The molecular weight excluding hydrogens is 248 g/mol. The van der Waals surface area contributed by atoms with Crippen molar-refractivity contribution in [3.8, 4) is 0 Å². The van der Waals surface area contributed by atoms with Crippen LogP contribution in [0, 0.1) is 0 Å². The van der Waals surface area contributed by atoms with Crippen LogP contribution in [0.2, 0.25) is 0 Å². The Balaban J connectivity index is 2.91. The summed E-state index contributed by atoms with van der Waals surface area (Å²) in [6.07, 6.45) is 1.65. The minimum Gasteiger partial charge on any atom is -0.265 e. The van der Waals surface area contributed by atoms with Crippen molar-refractivity contribution in [2.75, 3.05) is 0 Å². The third-order valence-corrected chi connectivity index (χ3v) is 3.01. The van der Waals surface area contributed by atoms with E-state index < -0.39 is 0 Å². The van der Waals surface area contributed by atoms with Crippen molar-refractivity contribution in [1.82, 2.24) is 19.6 Å². The van der Waals surface area contributed by atoms with Crippen molar-refractivity contribution >= 4 is 26.8 Å². The minimum atomic E-state index is -0.147. The first kappa shape index (κ1) is 9.39. The number of hydrogen-bond donors (Lipinski definition) is 0. The van der Waals surface area contributed by atoms with Gasteiger partial charge in [0.2, 0.25) is 0 Å². The van der Waals surface area contributed by atoms with E-state index in [4.69, 9.17) is 0 Å². The summed E-state index contributed by atoms with van der Waals surface area (Å²) < 4.78 is 3.79. The molecule has 0 aliphatic rings. The molecule has 0 spiro atoms. The van der Waals surface area contributed by atoms with Crippen LogP contribution >= 0.6 is 15.9 Å². The minimum absolute atomic E-state index is 0.147. The molecule has 0 unspecified atom stereocenters. The van der Waals surface area contributed by atoms with E-state index in [1.54, 1.807) is 17.9 Å². The number of aryl methyl sites for hydroxylation is 2. The number of fused-ring (bicyclic) bond motifs is 1. The second-order valence-corrected chi connectivity index (χ2v) is 3.69. The SMILES string of the molecule is CCn1ncc2c(Br)n(C)nc2c1=O. The van der Waals surface area contributed by atoms with Crippen molar-refractivity contribution in [3.05, 3.63) is 21.2 Å². The molecule has 0 radical (unpaired) electrons. The molecule has 5 nitrogen and oxygen atoms in total. The Hall–Kier alpha value is -1.17. The van der Waals surface area contributed by atoms with Gasteiger partial charge in [0.15, 0.2) is 5.52 Å². The predicted molar refractivity (Wildman–Crippen MR) is 56.1 cm³/mol. The number of rotatable bonds is 1. The lowest BCUT2D eigenvalue weighted by molar-refractivity contribution is 0.621. The van der Waals surface area contributed by atoms with Crippen LogP contribution in [0.4, 0.5) is 0 Å². The van der Waals surface area contributed by atoms with Gasteiger partial charge in [-0.05, 0) is 22.9 Å². The van der Waals surface area contributed by atoms with E-state index in [0.29, 0.717) is 12.1 Å². The summed E-state index contributed by atoms with van der Waals surface area (Å²) in [5.41, 5.74) is 0.308. The smallest absolute Gasteiger partial charge is 0.265 e. The molecule has 0 aliphatic carbocycles. The number of nitrogens with zero attached hydrogens (tertiary/aromatic N) is 4. The van der Waals surface area contributed by atoms with Gasteiger partial charge in [-0.25, -0.2) is 4.68 Å². The first-order chi connectivity index (χ1) is 6.65. The number of aromatic nitrogens is 4. The summed E-state index contributed by atoms with van der Waals surface area (Å²) in [7, 11) is 1.78. The van der Waals surface area contributed by atoms with Crippen molar-refractivity contribution < 1.29 is 0 Å². The van der Waals surface area contributed by atoms with E-state index >= 15 is 0 Å². The maximum Gasteiger partial charge on any atom is 0.295 e. The molecule has 0 bridgehead atoms. The van der Waals surface area contributed by atoms with Crippen LogP contribution in [0.1, 0.15) is 6.92 Å². The van der Waals surface area contributed by atoms with Crippen LogP contribution in [0.3, 0.4) is 0 Å². The fraction of sp³-hybridized carbons (Fsp3) is 0.375. The van der Waals surface area contributed by atoms with E-state index in [1.165, 1.54) is 4.68 Å². The molecule has 0 fully saturated rings. The average molecular weight is 257 g/mol. The van der Waals surface area contributed by atoms with Gasteiger partial charge >= 0.3 is 0 Å². The molecule has 2 aromatic rings. The Morgan fingerprint density at radius 3 is 2.93 bits per heavy atom. The molecule has 0 saturated carbocycles. The first-order valence-corrected chi connectivity index (χ1v) is 5.02. The fourth-order valence-electron chi connectivity index (χ4n) is 1.32. The van der Waals surface area contributed by atoms with Gasteiger partial charge in [-0.2, -0.15) is 10.2 Å². The summed E-state index contributed by atoms with van der Waals surface area (Å²) in [4.78, 5) is 11.7. The fourth-order valence-corrected chi connectivity index (χ4v) is 1.69. The highest BCUT2D eigenvalue weighted by Crippen LogP contribution is 2.18. The predicted octanol–water partition coefficient (Wildman–Crippen LogP) is 0.912. The maximum absolute atomic E-state index is 11.7. The second-order valence-electron chi connectivity index (χ2n) is 2.94. The molecule has 6 heteroatoms. The van der Waals surface area contributed by atoms with E-state index in [1.807, 2.05) is 6.92 Å². The Kier molecular flexibility index (Phi) is 2.14. The normalized spacial score (nSPS) is 11.1. The van der Waals surface area contributed by atoms with Crippen molar-refractivity contribution in [3.63, 3.8) is 0 Å². The standard InChI is InChI=1S/C8H9BrN4O/c1-3-13-8(14)6-5(4-10-13)7(9)12(2)11-6/h4H,3H2,1-2H3. The van der Waals surface area contributed by atoms with Gasteiger partial charge < -0.3 is 0 Å². The van der Waals surface area contributed by atoms with Crippen molar-refractivity contribution in [2.24, 2.45) is 7.05 Å².